The predicted molar refractivity (Wildman–Crippen MR) is 92.0 cm³/mol. The van der Waals surface area contributed by atoms with E-state index in [1.165, 1.54) is 33.4 Å². The third kappa shape index (κ3) is 2.66. The summed E-state index contributed by atoms with van der Waals surface area (Å²) in [5.41, 5.74) is 9.09. The molecule has 2 rings (SSSR count). The van der Waals surface area contributed by atoms with Gasteiger partial charge in [-0.25, -0.2) is 0 Å². The maximum atomic E-state index is 6.79. The van der Waals surface area contributed by atoms with E-state index in [9.17, 15) is 0 Å². The molecule has 0 saturated heterocycles. The summed E-state index contributed by atoms with van der Waals surface area (Å²) in [6, 6.07) is 8.25. The van der Waals surface area contributed by atoms with Gasteiger partial charge < -0.3 is 0 Å². The van der Waals surface area contributed by atoms with Gasteiger partial charge in [-0.2, -0.15) is 0 Å². The second-order valence-electron chi connectivity index (χ2n) is 5.46. The molecular weight excluding hydrogens is 332 g/mol. The van der Waals surface area contributed by atoms with Gasteiger partial charge in [0.15, 0.2) is 0 Å². The van der Waals surface area contributed by atoms with Crippen molar-refractivity contribution < 1.29 is 0 Å². The normalized spacial score (nSPS) is 12.6. The molecule has 0 aromatic heterocycles. The number of hydrogen-bond acceptors (Lipinski definition) is 0. The van der Waals surface area contributed by atoms with Crippen molar-refractivity contribution in [2.45, 2.75) is 40.0 Å². The third-order valence-electron chi connectivity index (χ3n) is 4.45. The van der Waals surface area contributed by atoms with Gasteiger partial charge in [-0.3, -0.25) is 0 Å². The fourth-order valence-electron chi connectivity index (χ4n) is 2.74. The Kier molecular flexibility index (Phi) is 4.61. The Morgan fingerprint density at radius 1 is 0.850 bits per heavy atom. The van der Waals surface area contributed by atoms with Crippen molar-refractivity contribution in [2.75, 3.05) is 0 Å². The van der Waals surface area contributed by atoms with Crippen molar-refractivity contribution in [1.29, 1.82) is 0 Å². The first kappa shape index (κ1) is 15.6. The summed E-state index contributed by atoms with van der Waals surface area (Å²) < 4.78 is 1.07. The van der Waals surface area contributed by atoms with E-state index in [4.69, 9.17) is 11.6 Å². The van der Waals surface area contributed by atoms with E-state index in [0.717, 1.165) is 10.0 Å². The molecule has 106 valence electrons. The molecule has 0 bridgehead atoms. The quantitative estimate of drug-likeness (QED) is 0.555. The Morgan fingerprint density at radius 3 is 1.85 bits per heavy atom. The number of rotatable bonds is 2. The van der Waals surface area contributed by atoms with Crippen LogP contribution in [0.2, 0.25) is 0 Å². The molecule has 0 nitrogen and oxygen atoms in total. The lowest BCUT2D eigenvalue weighted by atomic mass is 9.86. The summed E-state index contributed by atoms with van der Waals surface area (Å²) in [4.78, 5) is 0. The standard InChI is InChI=1S/C18H20BrCl/c1-10-11(2)13(4)17(14(5)12(10)3)18(20)15-7-6-8-16(19)9-15/h6-9,18H,1-5H3. The van der Waals surface area contributed by atoms with Gasteiger partial charge in [0.1, 0.15) is 0 Å². The summed E-state index contributed by atoms with van der Waals surface area (Å²) in [6.07, 6.45) is 0. The van der Waals surface area contributed by atoms with Crippen molar-refractivity contribution in [3.8, 4) is 0 Å². The molecule has 1 atom stereocenters. The van der Waals surface area contributed by atoms with Gasteiger partial charge in [-0.1, -0.05) is 28.1 Å². The zero-order chi connectivity index (χ0) is 15.0. The van der Waals surface area contributed by atoms with Crippen molar-refractivity contribution in [2.24, 2.45) is 0 Å². The largest absolute Gasteiger partial charge is 0.113 e. The highest BCUT2D eigenvalue weighted by molar-refractivity contribution is 9.10. The van der Waals surface area contributed by atoms with E-state index in [2.05, 4.69) is 62.7 Å². The lowest BCUT2D eigenvalue weighted by Gasteiger charge is -2.22. The molecule has 0 fully saturated rings. The lowest BCUT2D eigenvalue weighted by molar-refractivity contribution is 1.04. The highest BCUT2D eigenvalue weighted by Crippen LogP contribution is 2.38. The van der Waals surface area contributed by atoms with E-state index < -0.39 is 0 Å². The Labute approximate surface area is 135 Å². The van der Waals surface area contributed by atoms with Crippen LogP contribution in [-0.4, -0.2) is 0 Å². The number of halogens is 2. The third-order valence-corrected chi connectivity index (χ3v) is 5.42. The molecule has 20 heavy (non-hydrogen) atoms. The Hall–Kier alpha value is -0.790. The van der Waals surface area contributed by atoms with Crippen LogP contribution in [0, 0.1) is 34.6 Å². The summed E-state index contributed by atoms with van der Waals surface area (Å²) >= 11 is 10.3. The fraction of sp³-hybridized carbons (Fsp3) is 0.333. The van der Waals surface area contributed by atoms with Crippen LogP contribution in [0.25, 0.3) is 0 Å². The van der Waals surface area contributed by atoms with Crippen molar-refractivity contribution in [3.63, 3.8) is 0 Å². The Morgan fingerprint density at radius 2 is 1.35 bits per heavy atom. The van der Waals surface area contributed by atoms with Crippen LogP contribution in [0.1, 0.15) is 44.3 Å². The van der Waals surface area contributed by atoms with E-state index in [1.807, 2.05) is 12.1 Å². The van der Waals surface area contributed by atoms with E-state index in [0.29, 0.717) is 0 Å². The van der Waals surface area contributed by atoms with Crippen molar-refractivity contribution in [1.82, 2.24) is 0 Å². The second kappa shape index (κ2) is 5.91. The van der Waals surface area contributed by atoms with Crippen LogP contribution in [0.15, 0.2) is 28.7 Å². The van der Waals surface area contributed by atoms with Crippen LogP contribution >= 0.6 is 27.5 Å². The van der Waals surface area contributed by atoms with Gasteiger partial charge in [0.2, 0.25) is 0 Å². The Balaban J connectivity index is 2.64. The Bertz CT molecular complexity index is 630. The smallest absolute Gasteiger partial charge is 0.0841 e. The topological polar surface area (TPSA) is 0 Å². The molecule has 0 amide bonds. The molecule has 0 saturated carbocycles. The molecule has 0 spiro atoms. The van der Waals surface area contributed by atoms with Crippen LogP contribution in [-0.2, 0) is 0 Å². The SMILES string of the molecule is Cc1c(C)c(C)c(C(Cl)c2cccc(Br)c2)c(C)c1C. The average Bonchev–Trinajstić information content (AvgIpc) is 2.43. The first-order chi connectivity index (χ1) is 9.34. The van der Waals surface area contributed by atoms with Crippen molar-refractivity contribution in [3.05, 3.63) is 67.7 Å². The highest BCUT2D eigenvalue weighted by atomic mass is 79.9. The van der Waals surface area contributed by atoms with Crippen LogP contribution in [0.3, 0.4) is 0 Å². The zero-order valence-corrected chi connectivity index (χ0v) is 15.0. The van der Waals surface area contributed by atoms with Crippen molar-refractivity contribution >= 4 is 27.5 Å². The summed E-state index contributed by atoms with van der Waals surface area (Å²) in [5.74, 6) is 0. The lowest BCUT2D eigenvalue weighted by Crippen LogP contribution is -2.06. The molecular formula is C18H20BrCl. The molecule has 0 N–H and O–H groups in total. The summed E-state index contributed by atoms with van der Waals surface area (Å²) in [6.45, 7) is 10.9. The average molecular weight is 352 g/mol. The molecule has 0 radical (unpaired) electrons. The van der Waals surface area contributed by atoms with Gasteiger partial charge >= 0.3 is 0 Å². The first-order valence-corrected chi connectivity index (χ1v) is 8.04. The minimum Gasteiger partial charge on any atom is -0.113 e. The summed E-state index contributed by atoms with van der Waals surface area (Å²) in [5, 5.41) is -0.106. The van der Waals surface area contributed by atoms with Gasteiger partial charge in [-0.05, 0) is 85.7 Å². The van der Waals surface area contributed by atoms with Gasteiger partial charge in [0, 0.05) is 4.47 Å². The van der Waals surface area contributed by atoms with E-state index in [-0.39, 0.29) is 5.38 Å². The first-order valence-electron chi connectivity index (χ1n) is 6.81. The molecule has 0 aliphatic heterocycles. The zero-order valence-electron chi connectivity index (χ0n) is 12.6. The molecule has 2 aromatic carbocycles. The number of benzene rings is 2. The van der Waals surface area contributed by atoms with Crippen LogP contribution < -0.4 is 0 Å². The molecule has 0 heterocycles. The minimum absolute atomic E-state index is 0.106. The minimum atomic E-state index is -0.106. The molecule has 2 heteroatoms. The van der Waals surface area contributed by atoms with Gasteiger partial charge in [0.25, 0.3) is 0 Å². The molecule has 0 aliphatic rings. The molecule has 0 aliphatic carbocycles. The number of hydrogen-bond donors (Lipinski definition) is 0. The maximum Gasteiger partial charge on any atom is 0.0841 e. The summed E-state index contributed by atoms with van der Waals surface area (Å²) in [7, 11) is 0. The van der Waals surface area contributed by atoms with Crippen LogP contribution in [0.5, 0.6) is 0 Å². The molecule has 1 unspecified atom stereocenters. The van der Waals surface area contributed by atoms with Gasteiger partial charge in [0.05, 0.1) is 5.38 Å². The van der Waals surface area contributed by atoms with Crippen LogP contribution in [0.4, 0.5) is 0 Å². The van der Waals surface area contributed by atoms with E-state index >= 15 is 0 Å². The maximum absolute atomic E-state index is 6.79. The highest BCUT2D eigenvalue weighted by Gasteiger charge is 2.20. The van der Waals surface area contributed by atoms with Gasteiger partial charge in [-0.15, -0.1) is 11.6 Å². The fourth-order valence-corrected chi connectivity index (χ4v) is 3.62. The van der Waals surface area contributed by atoms with E-state index in [1.54, 1.807) is 0 Å². The monoisotopic (exact) mass is 350 g/mol. The number of alkyl halides is 1. The predicted octanol–water partition coefficient (Wildman–Crippen LogP) is 6.32. The molecule has 2 aromatic rings. The second-order valence-corrected chi connectivity index (χ2v) is 6.81.